The summed E-state index contributed by atoms with van der Waals surface area (Å²) in [6, 6.07) is 9.71. The van der Waals surface area contributed by atoms with Gasteiger partial charge in [0.1, 0.15) is 5.82 Å². The number of benzene rings is 1. The molecule has 0 spiro atoms. The van der Waals surface area contributed by atoms with Crippen LogP contribution in [0.25, 0.3) is 0 Å². The number of aromatic amines is 1. The molecule has 100 valence electrons. The topological polar surface area (TPSA) is 70.7 Å². The Bertz CT molecular complexity index is 548. The van der Waals surface area contributed by atoms with Crippen LogP contribution in [-0.4, -0.2) is 21.1 Å². The highest BCUT2D eigenvalue weighted by Crippen LogP contribution is 2.12. The van der Waals surface area contributed by atoms with Crippen LogP contribution >= 0.6 is 0 Å². The smallest absolute Gasteiger partial charge is 0.291 e. The van der Waals surface area contributed by atoms with E-state index in [-0.39, 0.29) is 23.7 Å². The normalized spacial score (nSPS) is 12.4. The van der Waals surface area contributed by atoms with Gasteiger partial charge in [0.2, 0.25) is 5.82 Å². The van der Waals surface area contributed by atoms with Crippen LogP contribution in [0.5, 0.6) is 0 Å². The quantitative estimate of drug-likeness (QED) is 0.884. The fourth-order valence-corrected chi connectivity index (χ4v) is 1.72. The van der Waals surface area contributed by atoms with E-state index in [1.807, 2.05) is 51.1 Å². The maximum absolute atomic E-state index is 12.0. The third kappa shape index (κ3) is 3.19. The highest BCUT2D eigenvalue weighted by Gasteiger charge is 2.16. The van der Waals surface area contributed by atoms with Gasteiger partial charge >= 0.3 is 0 Å². The third-order valence-electron chi connectivity index (χ3n) is 2.90. The number of nitrogens with zero attached hydrogens (tertiary/aromatic N) is 2. The molecule has 0 aliphatic rings. The SMILES string of the molecule is CC(C)c1nc(C(=O)NC(C)c2ccccc2)n[nH]1. The Morgan fingerprint density at radius 1 is 1.21 bits per heavy atom. The summed E-state index contributed by atoms with van der Waals surface area (Å²) in [7, 11) is 0. The number of H-pyrrole nitrogens is 1. The van der Waals surface area contributed by atoms with Gasteiger partial charge < -0.3 is 5.32 Å². The number of aromatic nitrogens is 3. The lowest BCUT2D eigenvalue weighted by Crippen LogP contribution is -2.27. The van der Waals surface area contributed by atoms with Gasteiger partial charge in [-0.05, 0) is 12.5 Å². The van der Waals surface area contributed by atoms with Crippen molar-refractivity contribution in [3.63, 3.8) is 0 Å². The number of hydrogen-bond donors (Lipinski definition) is 2. The summed E-state index contributed by atoms with van der Waals surface area (Å²) in [6.07, 6.45) is 0. The predicted octanol–water partition coefficient (Wildman–Crippen LogP) is 2.42. The third-order valence-corrected chi connectivity index (χ3v) is 2.90. The number of hydrogen-bond acceptors (Lipinski definition) is 3. The van der Waals surface area contributed by atoms with Crippen molar-refractivity contribution in [1.82, 2.24) is 20.5 Å². The maximum atomic E-state index is 12.0. The Morgan fingerprint density at radius 2 is 1.89 bits per heavy atom. The zero-order valence-corrected chi connectivity index (χ0v) is 11.3. The van der Waals surface area contributed by atoms with Crippen molar-refractivity contribution in [1.29, 1.82) is 0 Å². The molecular formula is C14H18N4O. The van der Waals surface area contributed by atoms with Crippen LogP contribution in [0.4, 0.5) is 0 Å². The largest absolute Gasteiger partial charge is 0.343 e. The lowest BCUT2D eigenvalue weighted by Gasteiger charge is -2.12. The minimum absolute atomic E-state index is 0.0744. The van der Waals surface area contributed by atoms with Gasteiger partial charge in [-0.25, -0.2) is 4.98 Å². The van der Waals surface area contributed by atoms with Gasteiger partial charge in [0.15, 0.2) is 0 Å². The first-order chi connectivity index (χ1) is 9.08. The van der Waals surface area contributed by atoms with E-state index in [1.54, 1.807) is 0 Å². The second kappa shape index (κ2) is 5.65. The molecular weight excluding hydrogens is 240 g/mol. The molecule has 0 bridgehead atoms. The van der Waals surface area contributed by atoms with E-state index in [9.17, 15) is 4.79 Å². The van der Waals surface area contributed by atoms with Crippen molar-refractivity contribution >= 4 is 5.91 Å². The summed E-state index contributed by atoms with van der Waals surface area (Å²) in [5.74, 6) is 0.865. The molecule has 0 fully saturated rings. The minimum atomic E-state index is -0.264. The maximum Gasteiger partial charge on any atom is 0.291 e. The second-order valence-corrected chi connectivity index (χ2v) is 4.80. The average molecular weight is 258 g/mol. The summed E-state index contributed by atoms with van der Waals surface area (Å²) < 4.78 is 0. The number of carbonyl (C=O) groups excluding carboxylic acids is 1. The van der Waals surface area contributed by atoms with E-state index in [1.165, 1.54) is 0 Å². The molecule has 5 heteroatoms. The molecule has 2 aromatic rings. The molecule has 0 aliphatic heterocycles. The molecule has 1 heterocycles. The zero-order valence-electron chi connectivity index (χ0n) is 11.3. The zero-order chi connectivity index (χ0) is 13.8. The van der Waals surface area contributed by atoms with Crippen LogP contribution in [0.15, 0.2) is 30.3 Å². The summed E-state index contributed by atoms with van der Waals surface area (Å²) in [5, 5.41) is 9.59. The van der Waals surface area contributed by atoms with Gasteiger partial charge in [-0.15, -0.1) is 5.10 Å². The minimum Gasteiger partial charge on any atom is -0.343 e. The van der Waals surface area contributed by atoms with Crippen molar-refractivity contribution < 1.29 is 4.79 Å². The molecule has 0 radical (unpaired) electrons. The fourth-order valence-electron chi connectivity index (χ4n) is 1.72. The van der Waals surface area contributed by atoms with Crippen molar-refractivity contribution in [3.05, 3.63) is 47.5 Å². The van der Waals surface area contributed by atoms with E-state index < -0.39 is 0 Å². The molecule has 1 atom stereocenters. The highest BCUT2D eigenvalue weighted by atomic mass is 16.2. The number of amides is 1. The molecule has 1 aromatic heterocycles. The Morgan fingerprint density at radius 3 is 2.47 bits per heavy atom. The van der Waals surface area contributed by atoms with E-state index in [4.69, 9.17) is 0 Å². The Hall–Kier alpha value is -2.17. The molecule has 1 aromatic carbocycles. The van der Waals surface area contributed by atoms with E-state index in [2.05, 4.69) is 20.5 Å². The van der Waals surface area contributed by atoms with Crippen LogP contribution in [0.1, 0.15) is 54.7 Å². The molecule has 0 saturated carbocycles. The molecule has 19 heavy (non-hydrogen) atoms. The van der Waals surface area contributed by atoms with Gasteiger partial charge in [0.05, 0.1) is 6.04 Å². The van der Waals surface area contributed by atoms with Crippen LogP contribution in [0.3, 0.4) is 0 Å². The molecule has 5 nitrogen and oxygen atoms in total. The van der Waals surface area contributed by atoms with Crippen LogP contribution < -0.4 is 5.32 Å². The lowest BCUT2D eigenvalue weighted by atomic mass is 10.1. The van der Waals surface area contributed by atoms with Gasteiger partial charge in [-0.3, -0.25) is 9.89 Å². The first-order valence-electron chi connectivity index (χ1n) is 6.36. The van der Waals surface area contributed by atoms with Gasteiger partial charge in [0, 0.05) is 5.92 Å². The van der Waals surface area contributed by atoms with E-state index in [0.29, 0.717) is 0 Å². The van der Waals surface area contributed by atoms with Gasteiger partial charge in [-0.2, -0.15) is 0 Å². The molecule has 0 aliphatic carbocycles. The first kappa shape index (κ1) is 13.3. The van der Waals surface area contributed by atoms with E-state index >= 15 is 0 Å². The highest BCUT2D eigenvalue weighted by molar-refractivity contribution is 5.90. The van der Waals surface area contributed by atoms with Gasteiger partial charge in [-0.1, -0.05) is 44.2 Å². The summed E-state index contributed by atoms with van der Waals surface area (Å²) >= 11 is 0. The Kier molecular flexibility index (Phi) is 3.94. The number of nitrogens with one attached hydrogen (secondary N) is 2. The molecule has 1 unspecified atom stereocenters. The summed E-state index contributed by atoms with van der Waals surface area (Å²) in [5.41, 5.74) is 1.05. The molecule has 2 rings (SSSR count). The lowest BCUT2D eigenvalue weighted by molar-refractivity contribution is 0.0929. The van der Waals surface area contributed by atoms with Crippen molar-refractivity contribution in [2.24, 2.45) is 0 Å². The van der Waals surface area contributed by atoms with Crippen LogP contribution in [0.2, 0.25) is 0 Å². The summed E-state index contributed by atoms with van der Waals surface area (Å²) in [4.78, 5) is 16.2. The summed E-state index contributed by atoms with van der Waals surface area (Å²) in [6.45, 7) is 5.92. The Labute approximate surface area is 112 Å². The van der Waals surface area contributed by atoms with Gasteiger partial charge in [0.25, 0.3) is 5.91 Å². The molecule has 2 N–H and O–H groups in total. The van der Waals surface area contributed by atoms with Crippen LogP contribution in [0, 0.1) is 0 Å². The second-order valence-electron chi connectivity index (χ2n) is 4.80. The monoisotopic (exact) mass is 258 g/mol. The van der Waals surface area contributed by atoms with Crippen molar-refractivity contribution in [2.45, 2.75) is 32.7 Å². The number of rotatable bonds is 4. The van der Waals surface area contributed by atoms with Crippen molar-refractivity contribution in [3.8, 4) is 0 Å². The average Bonchev–Trinajstić information content (AvgIpc) is 2.89. The molecule has 1 amide bonds. The van der Waals surface area contributed by atoms with Crippen LogP contribution in [-0.2, 0) is 0 Å². The van der Waals surface area contributed by atoms with Crippen molar-refractivity contribution in [2.75, 3.05) is 0 Å². The first-order valence-corrected chi connectivity index (χ1v) is 6.36. The fraction of sp³-hybridized carbons (Fsp3) is 0.357. The number of carbonyl (C=O) groups is 1. The Balaban J connectivity index is 2.04. The standard InChI is InChI=1S/C14H18N4O/c1-9(2)12-16-13(18-17-12)14(19)15-10(3)11-7-5-4-6-8-11/h4-10H,1-3H3,(H,15,19)(H,16,17,18). The molecule has 0 saturated heterocycles. The van der Waals surface area contributed by atoms with E-state index in [0.717, 1.165) is 11.4 Å². The predicted molar refractivity (Wildman–Crippen MR) is 72.8 cm³/mol.